The van der Waals surface area contributed by atoms with Gasteiger partial charge in [-0.2, -0.15) is 13.2 Å². The van der Waals surface area contributed by atoms with E-state index in [0.29, 0.717) is 11.3 Å². The molecule has 1 aromatic heterocycles. The van der Waals surface area contributed by atoms with E-state index in [1.807, 2.05) is 13.8 Å². The van der Waals surface area contributed by atoms with Gasteiger partial charge in [-0.25, -0.2) is 0 Å². The van der Waals surface area contributed by atoms with Gasteiger partial charge in [-0.15, -0.1) is 0 Å². The first kappa shape index (κ1) is 15.2. The molecule has 0 saturated heterocycles. The van der Waals surface area contributed by atoms with Gasteiger partial charge in [0.25, 0.3) is 0 Å². The Balaban J connectivity index is 0.000000861. The summed E-state index contributed by atoms with van der Waals surface area (Å²) in [6.45, 7) is 5.80. The number of nitrogens with zero attached hydrogens (tertiary/aromatic N) is 1. The Morgan fingerprint density at radius 1 is 0.947 bits per heavy atom. The van der Waals surface area contributed by atoms with Crippen molar-refractivity contribution in [3.63, 3.8) is 0 Å². The summed E-state index contributed by atoms with van der Waals surface area (Å²) in [6.07, 6.45) is -4.32. The highest BCUT2D eigenvalue weighted by atomic mass is 19.4. The van der Waals surface area contributed by atoms with Crippen LogP contribution >= 0.6 is 0 Å². The fourth-order valence-corrected chi connectivity index (χ4v) is 1.56. The van der Waals surface area contributed by atoms with E-state index in [-0.39, 0.29) is 0 Å². The standard InChI is InChI=1S/C13H10F3N.C2H6/c1-9-4-2-7-12(17-9)10-5-3-6-11(8-10)13(14,15)16;1-2/h2-8H,1H3;1-2H3. The highest BCUT2D eigenvalue weighted by Crippen LogP contribution is 2.31. The third kappa shape index (κ3) is 4.09. The number of aryl methyl sites for hydroxylation is 1. The number of halogens is 3. The minimum atomic E-state index is -4.32. The Morgan fingerprint density at radius 3 is 2.16 bits per heavy atom. The van der Waals surface area contributed by atoms with Crippen LogP contribution in [0.5, 0.6) is 0 Å². The zero-order valence-electron chi connectivity index (χ0n) is 11.1. The van der Waals surface area contributed by atoms with Crippen molar-refractivity contribution in [2.45, 2.75) is 26.9 Å². The smallest absolute Gasteiger partial charge is 0.253 e. The quantitative estimate of drug-likeness (QED) is 0.700. The highest BCUT2D eigenvalue weighted by Gasteiger charge is 2.30. The Bertz CT molecular complexity index is 533. The molecule has 1 heterocycles. The molecule has 0 atom stereocenters. The Morgan fingerprint density at radius 2 is 1.58 bits per heavy atom. The minimum Gasteiger partial charge on any atom is -0.253 e. The highest BCUT2D eigenvalue weighted by molar-refractivity contribution is 5.60. The Kier molecular flexibility index (Phi) is 5.10. The van der Waals surface area contributed by atoms with Crippen molar-refractivity contribution >= 4 is 0 Å². The summed E-state index contributed by atoms with van der Waals surface area (Å²) in [4.78, 5) is 4.20. The molecule has 19 heavy (non-hydrogen) atoms. The molecule has 0 N–H and O–H groups in total. The Labute approximate surface area is 111 Å². The summed E-state index contributed by atoms with van der Waals surface area (Å²) in [6, 6.07) is 10.5. The predicted octanol–water partition coefficient (Wildman–Crippen LogP) is 5.10. The van der Waals surface area contributed by atoms with E-state index < -0.39 is 11.7 Å². The number of pyridine rings is 1. The van der Waals surface area contributed by atoms with Crippen LogP contribution in [0, 0.1) is 6.92 Å². The molecule has 0 bridgehead atoms. The molecule has 0 aliphatic carbocycles. The molecule has 2 aromatic rings. The van der Waals surface area contributed by atoms with Gasteiger partial charge in [0.2, 0.25) is 0 Å². The number of benzene rings is 1. The maximum absolute atomic E-state index is 12.5. The molecular formula is C15H16F3N. The fraction of sp³-hybridized carbons (Fsp3) is 0.267. The summed E-state index contributed by atoms with van der Waals surface area (Å²) in [5, 5.41) is 0. The zero-order valence-corrected chi connectivity index (χ0v) is 11.1. The molecule has 0 aliphatic rings. The van der Waals surface area contributed by atoms with Crippen molar-refractivity contribution in [1.82, 2.24) is 4.98 Å². The first-order valence-electron chi connectivity index (χ1n) is 6.08. The normalized spacial score (nSPS) is 10.6. The van der Waals surface area contributed by atoms with Gasteiger partial charge < -0.3 is 0 Å². The van der Waals surface area contributed by atoms with E-state index in [2.05, 4.69) is 4.98 Å². The number of hydrogen-bond acceptors (Lipinski definition) is 1. The van der Waals surface area contributed by atoms with Gasteiger partial charge in [0, 0.05) is 11.3 Å². The van der Waals surface area contributed by atoms with Crippen LogP contribution in [0.4, 0.5) is 13.2 Å². The lowest BCUT2D eigenvalue weighted by molar-refractivity contribution is -0.137. The average Bonchev–Trinajstić information content (AvgIpc) is 2.40. The maximum atomic E-state index is 12.5. The van der Waals surface area contributed by atoms with Crippen molar-refractivity contribution in [3.05, 3.63) is 53.7 Å². The van der Waals surface area contributed by atoms with Crippen LogP contribution in [0.1, 0.15) is 25.1 Å². The van der Waals surface area contributed by atoms with Gasteiger partial charge in [0.15, 0.2) is 0 Å². The second-order valence-electron chi connectivity index (χ2n) is 3.74. The summed E-state index contributed by atoms with van der Waals surface area (Å²) >= 11 is 0. The van der Waals surface area contributed by atoms with Gasteiger partial charge in [-0.3, -0.25) is 4.98 Å². The van der Waals surface area contributed by atoms with Crippen LogP contribution in [-0.4, -0.2) is 4.98 Å². The van der Waals surface area contributed by atoms with Crippen LogP contribution in [0.3, 0.4) is 0 Å². The molecule has 0 unspecified atom stereocenters. The molecule has 0 fully saturated rings. The lowest BCUT2D eigenvalue weighted by Gasteiger charge is -2.08. The maximum Gasteiger partial charge on any atom is 0.416 e. The molecule has 4 heteroatoms. The van der Waals surface area contributed by atoms with Gasteiger partial charge in [-0.05, 0) is 31.2 Å². The molecule has 0 amide bonds. The average molecular weight is 267 g/mol. The summed E-state index contributed by atoms with van der Waals surface area (Å²) in [5.74, 6) is 0. The number of aromatic nitrogens is 1. The summed E-state index contributed by atoms with van der Waals surface area (Å²) in [7, 11) is 0. The van der Waals surface area contributed by atoms with Crippen molar-refractivity contribution in [1.29, 1.82) is 0 Å². The van der Waals surface area contributed by atoms with Crippen LogP contribution in [0.15, 0.2) is 42.5 Å². The fourth-order valence-electron chi connectivity index (χ4n) is 1.56. The summed E-state index contributed by atoms with van der Waals surface area (Å²) < 4.78 is 37.6. The van der Waals surface area contributed by atoms with Gasteiger partial charge in [0.05, 0.1) is 11.3 Å². The number of hydrogen-bond donors (Lipinski definition) is 0. The van der Waals surface area contributed by atoms with E-state index in [1.165, 1.54) is 6.07 Å². The molecular weight excluding hydrogens is 251 g/mol. The van der Waals surface area contributed by atoms with Gasteiger partial charge in [0.1, 0.15) is 0 Å². The molecule has 0 radical (unpaired) electrons. The zero-order chi connectivity index (χ0) is 14.5. The van der Waals surface area contributed by atoms with E-state index in [9.17, 15) is 13.2 Å². The third-order valence-corrected chi connectivity index (χ3v) is 2.37. The van der Waals surface area contributed by atoms with E-state index in [0.717, 1.165) is 17.8 Å². The molecule has 1 nitrogen and oxygen atoms in total. The molecule has 0 saturated carbocycles. The monoisotopic (exact) mass is 267 g/mol. The Hall–Kier alpha value is -1.84. The second-order valence-corrected chi connectivity index (χ2v) is 3.74. The number of rotatable bonds is 1. The van der Waals surface area contributed by atoms with Crippen LogP contribution in [0.2, 0.25) is 0 Å². The van der Waals surface area contributed by atoms with Crippen molar-refractivity contribution in [3.8, 4) is 11.3 Å². The molecule has 1 aromatic carbocycles. The lowest BCUT2D eigenvalue weighted by Crippen LogP contribution is -2.04. The SMILES string of the molecule is CC.Cc1cccc(-c2cccc(C(F)(F)F)c2)n1. The molecule has 102 valence electrons. The van der Waals surface area contributed by atoms with Crippen molar-refractivity contribution in [2.75, 3.05) is 0 Å². The van der Waals surface area contributed by atoms with E-state index in [1.54, 1.807) is 31.2 Å². The first-order chi connectivity index (χ1) is 8.97. The molecule has 0 spiro atoms. The van der Waals surface area contributed by atoms with Crippen molar-refractivity contribution in [2.24, 2.45) is 0 Å². The van der Waals surface area contributed by atoms with Crippen molar-refractivity contribution < 1.29 is 13.2 Å². The minimum absolute atomic E-state index is 0.475. The summed E-state index contributed by atoms with van der Waals surface area (Å²) in [5.41, 5.74) is 1.15. The van der Waals surface area contributed by atoms with E-state index in [4.69, 9.17) is 0 Å². The van der Waals surface area contributed by atoms with Gasteiger partial charge >= 0.3 is 6.18 Å². The molecule has 0 aliphatic heterocycles. The third-order valence-electron chi connectivity index (χ3n) is 2.37. The largest absolute Gasteiger partial charge is 0.416 e. The van der Waals surface area contributed by atoms with Crippen LogP contribution in [0.25, 0.3) is 11.3 Å². The van der Waals surface area contributed by atoms with Gasteiger partial charge in [-0.1, -0.05) is 32.0 Å². The lowest BCUT2D eigenvalue weighted by atomic mass is 10.1. The number of alkyl halides is 3. The second kappa shape index (κ2) is 6.36. The van der Waals surface area contributed by atoms with Crippen LogP contribution in [-0.2, 0) is 6.18 Å². The van der Waals surface area contributed by atoms with Crippen LogP contribution < -0.4 is 0 Å². The van der Waals surface area contributed by atoms with E-state index >= 15 is 0 Å². The molecule has 2 rings (SSSR count). The first-order valence-corrected chi connectivity index (χ1v) is 6.08. The predicted molar refractivity (Wildman–Crippen MR) is 70.8 cm³/mol. The topological polar surface area (TPSA) is 12.9 Å².